The lowest BCUT2D eigenvalue weighted by Crippen LogP contribution is -2.32. The van der Waals surface area contributed by atoms with Crippen molar-refractivity contribution in [1.29, 1.82) is 0 Å². The van der Waals surface area contributed by atoms with E-state index < -0.39 is 5.41 Å². The molecule has 0 radical (unpaired) electrons. The van der Waals surface area contributed by atoms with Gasteiger partial charge in [-0.15, -0.1) is 0 Å². The van der Waals surface area contributed by atoms with E-state index in [-0.39, 0.29) is 24.8 Å². The topological polar surface area (TPSA) is 88.3 Å². The number of nitrogen functional groups attached to an aromatic ring is 1. The van der Waals surface area contributed by atoms with Crippen LogP contribution in [-0.2, 0) is 16.1 Å². The summed E-state index contributed by atoms with van der Waals surface area (Å²) in [6, 6.07) is 5.24. The molecule has 1 saturated heterocycles. The van der Waals surface area contributed by atoms with Crippen molar-refractivity contribution < 1.29 is 9.59 Å². The van der Waals surface area contributed by atoms with E-state index in [0.29, 0.717) is 11.5 Å². The summed E-state index contributed by atoms with van der Waals surface area (Å²) in [5.41, 5.74) is 2.45. The van der Waals surface area contributed by atoms with Crippen LogP contribution in [0.25, 0.3) is 0 Å². The number of nitrogens with zero attached hydrogens (tertiary/aromatic N) is 2. The number of hydrogen-bond donors (Lipinski definition) is 2. The van der Waals surface area contributed by atoms with Crippen LogP contribution >= 0.6 is 0 Å². The van der Waals surface area contributed by atoms with E-state index in [1.54, 1.807) is 32.0 Å². The fraction of sp³-hybridized carbons (Fsp3) is 0.417. The number of pyridine rings is 1. The number of nitrogens with one attached hydrogen (secondary N) is 1. The summed E-state index contributed by atoms with van der Waals surface area (Å²) in [5, 5.41) is 0. The number of anilines is 1. The van der Waals surface area contributed by atoms with Crippen LogP contribution in [0.2, 0.25) is 0 Å². The molecule has 0 aliphatic carbocycles. The molecule has 1 aromatic rings. The predicted molar refractivity (Wildman–Crippen MR) is 66.0 cm³/mol. The fourth-order valence-corrected chi connectivity index (χ4v) is 2.00. The van der Waals surface area contributed by atoms with Crippen molar-refractivity contribution >= 4 is 17.6 Å². The number of hydrazine groups is 1. The molecular formula is C12H16N4O2. The molecule has 2 heterocycles. The number of imide groups is 1. The third kappa shape index (κ3) is 2.19. The molecule has 6 heteroatoms. The second-order valence-electron chi connectivity index (χ2n) is 5.00. The van der Waals surface area contributed by atoms with Gasteiger partial charge in [0.1, 0.15) is 5.82 Å². The lowest BCUT2D eigenvalue weighted by atomic mass is 9.92. The summed E-state index contributed by atoms with van der Waals surface area (Å²) < 4.78 is 0. The van der Waals surface area contributed by atoms with Crippen LogP contribution in [0, 0.1) is 5.41 Å². The first-order valence-corrected chi connectivity index (χ1v) is 5.71. The molecule has 6 nitrogen and oxygen atoms in total. The van der Waals surface area contributed by atoms with Crippen LogP contribution in [0.3, 0.4) is 0 Å². The Kier molecular flexibility index (Phi) is 3.04. The average Bonchev–Trinajstić information content (AvgIpc) is 2.52. The van der Waals surface area contributed by atoms with Gasteiger partial charge >= 0.3 is 0 Å². The number of amides is 2. The van der Waals surface area contributed by atoms with Gasteiger partial charge in [0.05, 0.1) is 17.7 Å². The van der Waals surface area contributed by atoms with Gasteiger partial charge in [0.25, 0.3) is 0 Å². The third-order valence-electron chi connectivity index (χ3n) is 2.99. The maximum Gasteiger partial charge on any atom is 0.235 e. The van der Waals surface area contributed by atoms with Crippen molar-refractivity contribution in [2.24, 2.45) is 11.3 Å². The first kappa shape index (κ1) is 12.5. The second kappa shape index (κ2) is 4.38. The number of aromatic nitrogens is 1. The van der Waals surface area contributed by atoms with Crippen LogP contribution < -0.4 is 11.3 Å². The van der Waals surface area contributed by atoms with Crippen molar-refractivity contribution in [2.75, 3.05) is 5.43 Å². The summed E-state index contributed by atoms with van der Waals surface area (Å²) in [4.78, 5) is 29.3. The first-order chi connectivity index (χ1) is 8.44. The molecule has 0 atom stereocenters. The van der Waals surface area contributed by atoms with E-state index in [1.807, 2.05) is 0 Å². The molecule has 0 spiro atoms. The Balaban J connectivity index is 2.19. The molecule has 0 bridgehead atoms. The van der Waals surface area contributed by atoms with Gasteiger partial charge in [-0.1, -0.05) is 19.9 Å². The van der Waals surface area contributed by atoms with E-state index >= 15 is 0 Å². The highest BCUT2D eigenvalue weighted by Crippen LogP contribution is 2.32. The summed E-state index contributed by atoms with van der Waals surface area (Å²) in [6.45, 7) is 3.74. The predicted octanol–water partition coefficient (Wildman–Crippen LogP) is 0.652. The standard InChI is InChI=1S/C12H16N4O2/c1-12(2)6-10(17)16(11(12)18)7-8-4-3-5-9(14-8)15-13/h3-5H,6-7,13H2,1-2H3,(H,14,15). The lowest BCUT2D eigenvalue weighted by Gasteiger charge is -2.17. The molecule has 2 rings (SSSR count). The van der Waals surface area contributed by atoms with E-state index in [2.05, 4.69) is 10.4 Å². The second-order valence-corrected chi connectivity index (χ2v) is 5.00. The molecule has 1 aliphatic rings. The largest absolute Gasteiger partial charge is 0.308 e. The Morgan fingerprint density at radius 2 is 2.17 bits per heavy atom. The van der Waals surface area contributed by atoms with Crippen molar-refractivity contribution in [3.05, 3.63) is 23.9 Å². The molecule has 1 aromatic heterocycles. The van der Waals surface area contributed by atoms with Gasteiger partial charge in [0, 0.05) is 6.42 Å². The number of carbonyl (C=O) groups is 2. The maximum atomic E-state index is 12.0. The monoisotopic (exact) mass is 248 g/mol. The van der Waals surface area contributed by atoms with Crippen molar-refractivity contribution in [3.8, 4) is 0 Å². The van der Waals surface area contributed by atoms with Crippen LogP contribution in [-0.4, -0.2) is 21.7 Å². The maximum absolute atomic E-state index is 12.0. The van der Waals surface area contributed by atoms with Gasteiger partial charge in [-0.05, 0) is 12.1 Å². The van der Waals surface area contributed by atoms with Gasteiger partial charge in [-0.3, -0.25) is 14.5 Å². The molecule has 0 unspecified atom stereocenters. The molecule has 0 saturated carbocycles. The number of carbonyl (C=O) groups excluding carboxylic acids is 2. The van der Waals surface area contributed by atoms with E-state index in [0.717, 1.165) is 0 Å². The molecule has 18 heavy (non-hydrogen) atoms. The highest BCUT2D eigenvalue weighted by molar-refractivity contribution is 6.05. The minimum atomic E-state index is -0.610. The Morgan fingerprint density at radius 1 is 1.44 bits per heavy atom. The Hall–Kier alpha value is -1.95. The number of rotatable bonds is 3. The Bertz CT molecular complexity index is 499. The summed E-state index contributed by atoms with van der Waals surface area (Å²) in [5.74, 6) is 5.46. The zero-order chi connectivity index (χ0) is 13.3. The lowest BCUT2D eigenvalue weighted by molar-refractivity contribution is -0.141. The van der Waals surface area contributed by atoms with E-state index in [1.165, 1.54) is 4.90 Å². The van der Waals surface area contributed by atoms with Crippen molar-refractivity contribution in [3.63, 3.8) is 0 Å². The smallest absolute Gasteiger partial charge is 0.235 e. The molecule has 1 aliphatic heterocycles. The Morgan fingerprint density at radius 3 is 2.72 bits per heavy atom. The first-order valence-electron chi connectivity index (χ1n) is 5.71. The van der Waals surface area contributed by atoms with Crippen LogP contribution in [0.5, 0.6) is 0 Å². The molecule has 3 N–H and O–H groups in total. The van der Waals surface area contributed by atoms with Gasteiger partial charge in [0.15, 0.2) is 0 Å². The van der Waals surface area contributed by atoms with Gasteiger partial charge in [-0.2, -0.15) is 0 Å². The normalized spacial score (nSPS) is 18.3. The Labute approximate surface area is 105 Å². The quantitative estimate of drug-likeness (QED) is 0.466. The van der Waals surface area contributed by atoms with Gasteiger partial charge in [0.2, 0.25) is 11.8 Å². The average molecular weight is 248 g/mol. The minimum absolute atomic E-state index is 0.152. The third-order valence-corrected chi connectivity index (χ3v) is 2.99. The van der Waals surface area contributed by atoms with Crippen molar-refractivity contribution in [1.82, 2.24) is 9.88 Å². The van der Waals surface area contributed by atoms with E-state index in [9.17, 15) is 9.59 Å². The summed E-state index contributed by atoms with van der Waals surface area (Å²) in [6.07, 6.45) is 0.251. The molecular weight excluding hydrogens is 232 g/mol. The van der Waals surface area contributed by atoms with Crippen molar-refractivity contribution in [2.45, 2.75) is 26.8 Å². The van der Waals surface area contributed by atoms with E-state index in [4.69, 9.17) is 5.84 Å². The van der Waals surface area contributed by atoms with Crippen LogP contribution in [0.1, 0.15) is 26.0 Å². The summed E-state index contributed by atoms with van der Waals surface area (Å²) >= 11 is 0. The number of likely N-dealkylation sites (tertiary alicyclic amines) is 1. The molecule has 2 amide bonds. The van der Waals surface area contributed by atoms with Gasteiger partial charge < -0.3 is 5.43 Å². The zero-order valence-corrected chi connectivity index (χ0v) is 10.4. The van der Waals surface area contributed by atoms with Gasteiger partial charge in [-0.25, -0.2) is 10.8 Å². The van der Waals surface area contributed by atoms with Crippen LogP contribution in [0.4, 0.5) is 5.82 Å². The molecule has 1 fully saturated rings. The summed E-state index contributed by atoms with van der Waals surface area (Å²) in [7, 11) is 0. The molecule has 0 aromatic carbocycles. The molecule has 96 valence electrons. The number of nitrogens with two attached hydrogens (primary N) is 1. The number of hydrogen-bond acceptors (Lipinski definition) is 5. The SMILES string of the molecule is CC1(C)CC(=O)N(Cc2cccc(NN)n2)C1=O. The van der Waals surface area contributed by atoms with Crippen LogP contribution in [0.15, 0.2) is 18.2 Å². The minimum Gasteiger partial charge on any atom is -0.308 e. The highest BCUT2D eigenvalue weighted by atomic mass is 16.2. The highest BCUT2D eigenvalue weighted by Gasteiger charge is 2.44. The fourth-order valence-electron chi connectivity index (χ4n) is 2.00. The zero-order valence-electron chi connectivity index (χ0n) is 10.4.